The van der Waals surface area contributed by atoms with Gasteiger partial charge in [0.1, 0.15) is 5.82 Å². The average Bonchev–Trinajstić information content (AvgIpc) is 2.38. The van der Waals surface area contributed by atoms with Gasteiger partial charge in [0.05, 0.1) is 4.83 Å². The van der Waals surface area contributed by atoms with Crippen LogP contribution in [0.5, 0.6) is 0 Å². The van der Waals surface area contributed by atoms with Crippen molar-refractivity contribution < 1.29 is 4.39 Å². The molecular formula is C16H15BrClF. The van der Waals surface area contributed by atoms with E-state index < -0.39 is 0 Å². The van der Waals surface area contributed by atoms with Crippen molar-refractivity contribution >= 4 is 27.5 Å². The minimum Gasteiger partial charge on any atom is -0.206 e. The highest BCUT2D eigenvalue weighted by molar-refractivity contribution is 9.09. The fourth-order valence-electron chi connectivity index (χ4n) is 2.20. The summed E-state index contributed by atoms with van der Waals surface area (Å²) in [6.07, 6.45) is 0. The van der Waals surface area contributed by atoms with E-state index in [-0.39, 0.29) is 10.6 Å². The van der Waals surface area contributed by atoms with Gasteiger partial charge in [-0.3, -0.25) is 0 Å². The van der Waals surface area contributed by atoms with Gasteiger partial charge >= 0.3 is 0 Å². The van der Waals surface area contributed by atoms with E-state index in [1.807, 2.05) is 37.3 Å². The third-order valence-corrected chi connectivity index (χ3v) is 4.77. The van der Waals surface area contributed by atoms with Crippen molar-refractivity contribution in [3.8, 4) is 0 Å². The van der Waals surface area contributed by atoms with Crippen molar-refractivity contribution in [1.82, 2.24) is 0 Å². The highest BCUT2D eigenvalue weighted by Gasteiger charge is 2.16. The van der Waals surface area contributed by atoms with Crippen LogP contribution < -0.4 is 0 Å². The topological polar surface area (TPSA) is 0 Å². The maximum absolute atomic E-state index is 13.7. The summed E-state index contributed by atoms with van der Waals surface area (Å²) in [4.78, 5) is 0.0178. The Labute approximate surface area is 126 Å². The van der Waals surface area contributed by atoms with Crippen LogP contribution in [0.15, 0.2) is 30.3 Å². The average molecular weight is 342 g/mol. The van der Waals surface area contributed by atoms with Crippen LogP contribution in [0.2, 0.25) is 5.02 Å². The van der Waals surface area contributed by atoms with Gasteiger partial charge in [0.15, 0.2) is 0 Å². The first kappa shape index (κ1) is 14.5. The van der Waals surface area contributed by atoms with Crippen LogP contribution >= 0.6 is 27.5 Å². The van der Waals surface area contributed by atoms with Crippen molar-refractivity contribution in [2.75, 3.05) is 0 Å². The van der Waals surface area contributed by atoms with Crippen LogP contribution in [0.4, 0.5) is 4.39 Å². The summed E-state index contributed by atoms with van der Waals surface area (Å²) in [6, 6.07) is 9.60. The monoisotopic (exact) mass is 340 g/mol. The normalized spacial score (nSPS) is 12.5. The van der Waals surface area contributed by atoms with Gasteiger partial charge in [-0.15, -0.1) is 0 Å². The number of benzene rings is 2. The highest BCUT2D eigenvalue weighted by atomic mass is 79.9. The number of halogens is 3. The molecule has 2 aromatic carbocycles. The maximum Gasteiger partial charge on any atom is 0.129 e. The lowest BCUT2D eigenvalue weighted by Gasteiger charge is -2.16. The quantitative estimate of drug-likeness (QED) is 0.598. The number of hydrogen-bond acceptors (Lipinski definition) is 0. The van der Waals surface area contributed by atoms with Crippen LogP contribution in [0.25, 0.3) is 0 Å². The Kier molecular flexibility index (Phi) is 4.32. The Morgan fingerprint density at radius 2 is 1.68 bits per heavy atom. The van der Waals surface area contributed by atoms with Crippen LogP contribution in [0.1, 0.15) is 32.6 Å². The van der Waals surface area contributed by atoms with E-state index in [2.05, 4.69) is 15.9 Å². The van der Waals surface area contributed by atoms with Crippen LogP contribution in [-0.2, 0) is 0 Å². The lowest BCUT2D eigenvalue weighted by molar-refractivity contribution is 0.608. The number of aryl methyl sites for hydroxylation is 2. The summed E-state index contributed by atoms with van der Waals surface area (Å²) in [5.74, 6) is -0.133. The molecule has 19 heavy (non-hydrogen) atoms. The summed E-state index contributed by atoms with van der Waals surface area (Å²) in [5.41, 5.74) is 4.53. The van der Waals surface area contributed by atoms with E-state index in [1.54, 1.807) is 13.8 Å². The molecule has 0 aliphatic heterocycles. The smallest absolute Gasteiger partial charge is 0.129 e. The Balaban J connectivity index is 2.50. The van der Waals surface area contributed by atoms with Gasteiger partial charge in [0.2, 0.25) is 0 Å². The third kappa shape index (κ3) is 2.85. The fraction of sp³-hybridized carbons (Fsp3) is 0.250. The molecule has 0 heterocycles. The zero-order chi connectivity index (χ0) is 14.2. The van der Waals surface area contributed by atoms with Gasteiger partial charge in [-0.05, 0) is 54.7 Å². The molecule has 100 valence electrons. The summed E-state index contributed by atoms with van der Waals surface area (Å²) < 4.78 is 13.7. The van der Waals surface area contributed by atoms with Gasteiger partial charge in [0, 0.05) is 5.02 Å². The molecule has 0 fully saturated rings. The maximum atomic E-state index is 13.7. The first-order valence-corrected chi connectivity index (χ1v) is 7.37. The van der Waals surface area contributed by atoms with Crippen LogP contribution in [-0.4, -0.2) is 0 Å². The van der Waals surface area contributed by atoms with E-state index in [0.29, 0.717) is 11.1 Å². The molecule has 3 heteroatoms. The molecule has 0 aliphatic carbocycles. The van der Waals surface area contributed by atoms with Crippen molar-refractivity contribution in [1.29, 1.82) is 0 Å². The van der Waals surface area contributed by atoms with Crippen molar-refractivity contribution in [2.24, 2.45) is 0 Å². The molecule has 0 aromatic heterocycles. The second-order valence-electron chi connectivity index (χ2n) is 4.79. The Morgan fingerprint density at radius 3 is 2.26 bits per heavy atom. The van der Waals surface area contributed by atoms with E-state index in [1.165, 1.54) is 0 Å². The molecular weight excluding hydrogens is 327 g/mol. The Bertz CT molecular complexity index is 599. The van der Waals surface area contributed by atoms with Crippen LogP contribution in [0.3, 0.4) is 0 Å². The molecule has 1 unspecified atom stereocenters. The molecule has 0 saturated heterocycles. The van der Waals surface area contributed by atoms with Gasteiger partial charge < -0.3 is 0 Å². The molecule has 0 N–H and O–H groups in total. The molecule has 0 nitrogen and oxygen atoms in total. The predicted molar refractivity (Wildman–Crippen MR) is 82.8 cm³/mol. The molecule has 0 aliphatic rings. The largest absolute Gasteiger partial charge is 0.206 e. The summed E-state index contributed by atoms with van der Waals surface area (Å²) in [6.45, 7) is 5.57. The first-order valence-electron chi connectivity index (χ1n) is 6.07. The minimum atomic E-state index is -0.133. The van der Waals surface area contributed by atoms with E-state index in [4.69, 9.17) is 11.6 Å². The molecule has 0 saturated carbocycles. The molecule has 2 rings (SSSR count). The molecule has 0 amide bonds. The van der Waals surface area contributed by atoms with Crippen molar-refractivity contribution in [3.05, 3.63) is 69.0 Å². The van der Waals surface area contributed by atoms with Gasteiger partial charge in [-0.2, -0.15) is 0 Å². The summed E-state index contributed by atoms with van der Waals surface area (Å²) in [5, 5.41) is 0.748. The van der Waals surface area contributed by atoms with Crippen molar-refractivity contribution in [2.45, 2.75) is 25.6 Å². The zero-order valence-electron chi connectivity index (χ0n) is 11.1. The zero-order valence-corrected chi connectivity index (χ0v) is 13.4. The lowest BCUT2D eigenvalue weighted by Crippen LogP contribution is -1.99. The fourth-order valence-corrected chi connectivity index (χ4v) is 3.15. The van der Waals surface area contributed by atoms with Crippen LogP contribution in [0, 0.1) is 26.6 Å². The SMILES string of the molecule is Cc1cc(C(Br)c2cccc(Cl)c2C)cc(C)c1F. The second-order valence-corrected chi connectivity index (χ2v) is 6.11. The molecule has 0 bridgehead atoms. The number of rotatable bonds is 2. The molecule has 0 radical (unpaired) electrons. The summed E-state index contributed by atoms with van der Waals surface area (Å²) in [7, 11) is 0. The number of hydrogen-bond donors (Lipinski definition) is 0. The van der Waals surface area contributed by atoms with E-state index in [0.717, 1.165) is 21.7 Å². The van der Waals surface area contributed by atoms with E-state index in [9.17, 15) is 4.39 Å². The molecule has 0 spiro atoms. The van der Waals surface area contributed by atoms with Gasteiger partial charge in [-0.1, -0.05) is 51.8 Å². The minimum absolute atomic E-state index is 0.0178. The molecule has 1 atom stereocenters. The second kappa shape index (κ2) is 5.64. The molecule has 2 aromatic rings. The van der Waals surface area contributed by atoms with Crippen molar-refractivity contribution in [3.63, 3.8) is 0 Å². The third-order valence-electron chi connectivity index (χ3n) is 3.33. The lowest BCUT2D eigenvalue weighted by atomic mass is 9.97. The Morgan fingerprint density at radius 1 is 1.11 bits per heavy atom. The standard InChI is InChI=1S/C16H15BrClF/c1-9-7-12(8-10(2)16(9)19)15(17)13-5-4-6-14(18)11(13)3/h4-8,15H,1-3H3. The van der Waals surface area contributed by atoms with Gasteiger partial charge in [-0.25, -0.2) is 4.39 Å². The highest BCUT2D eigenvalue weighted by Crippen LogP contribution is 2.36. The van der Waals surface area contributed by atoms with E-state index >= 15 is 0 Å². The summed E-state index contributed by atoms with van der Waals surface area (Å²) >= 11 is 9.84. The van der Waals surface area contributed by atoms with Gasteiger partial charge in [0.25, 0.3) is 0 Å². The number of alkyl halides is 1. The first-order chi connectivity index (χ1) is 8.91. The predicted octanol–water partition coefficient (Wildman–Crippen LogP) is 5.89. The Hall–Kier alpha value is -0.860.